The Bertz CT molecular complexity index is 1150. The molecule has 0 aliphatic carbocycles. The number of nitrogens with one attached hydrogen (secondary N) is 1. The highest BCUT2D eigenvalue weighted by atomic mass is 35.5. The summed E-state index contributed by atoms with van der Waals surface area (Å²) in [6.07, 6.45) is 0. The first-order chi connectivity index (χ1) is 13.5. The molecule has 1 aliphatic heterocycles. The maximum atomic E-state index is 12.7. The third-order valence-corrected chi connectivity index (χ3v) is 5.04. The molecule has 0 saturated heterocycles. The van der Waals surface area contributed by atoms with Crippen molar-refractivity contribution in [2.45, 2.75) is 12.8 Å². The number of carboxylic acids is 1. The van der Waals surface area contributed by atoms with Crippen LogP contribution in [0.2, 0.25) is 5.15 Å². The predicted octanol–water partition coefficient (Wildman–Crippen LogP) is 3.80. The first kappa shape index (κ1) is 18.0. The van der Waals surface area contributed by atoms with E-state index >= 15 is 0 Å². The maximum absolute atomic E-state index is 12.7. The second-order valence-corrected chi connectivity index (χ2v) is 6.79. The highest BCUT2D eigenvalue weighted by Crippen LogP contribution is 2.44. The van der Waals surface area contributed by atoms with Gasteiger partial charge in [0.05, 0.1) is 11.3 Å². The van der Waals surface area contributed by atoms with Crippen molar-refractivity contribution < 1.29 is 9.90 Å². The molecule has 0 spiro atoms. The van der Waals surface area contributed by atoms with Crippen LogP contribution in [0.25, 0.3) is 5.69 Å². The molecular formula is C21H16ClN3O3. The summed E-state index contributed by atoms with van der Waals surface area (Å²) < 4.78 is 1.42. The smallest absolute Gasteiger partial charge is 0.355 e. The standard InChI is InChI=1S/C21H16ClN3O3/c1-12-15(20(26)27)16(13-8-4-2-5-9-13)17-18(22)24-21(28)25(19(17)23-12)14-10-6-3-7-11-14/h2-11,16,23H,1H3,(H,26,27). The Balaban J connectivity index is 2.08. The number of rotatable bonds is 3. The third kappa shape index (κ3) is 2.88. The van der Waals surface area contributed by atoms with E-state index in [1.54, 1.807) is 19.1 Å². The van der Waals surface area contributed by atoms with E-state index < -0.39 is 17.6 Å². The fourth-order valence-electron chi connectivity index (χ4n) is 3.57. The van der Waals surface area contributed by atoms with Crippen molar-refractivity contribution in [3.63, 3.8) is 0 Å². The SMILES string of the molecule is CC1=C(C(=O)O)C(c2ccccc2)c2c(Cl)nc(=O)n(-c3ccccc3)c2N1. The molecule has 2 aromatic carbocycles. The van der Waals surface area contributed by atoms with Crippen LogP contribution in [0.1, 0.15) is 24.0 Å². The molecule has 1 aromatic heterocycles. The highest BCUT2D eigenvalue weighted by molar-refractivity contribution is 6.30. The zero-order valence-electron chi connectivity index (χ0n) is 14.9. The topological polar surface area (TPSA) is 84.2 Å². The van der Waals surface area contributed by atoms with E-state index in [4.69, 9.17) is 11.6 Å². The zero-order valence-corrected chi connectivity index (χ0v) is 15.6. The number of aliphatic carboxylic acids is 1. The van der Waals surface area contributed by atoms with Gasteiger partial charge < -0.3 is 10.4 Å². The van der Waals surface area contributed by atoms with Crippen LogP contribution in [0.4, 0.5) is 5.82 Å². The van der Waals surface area contributed by atoms with E-state index in [-0.39, 0.29) is 10.7 Å². The highest BCUT2D eigenvalue weighted by Gasteiger charge is 2.36. The normalized spacial score (nSPS) is 15.7. The average Bonchev–Trinajstić information content (AvgIpc) is 2.68. The number of allylic oxidation sites excluding steroid dienone is 1. The van der Waals surface area contributed by atoms with E-state index in [9.17, 15) is 14.7 Å². The van der Waals surface area contributed by atoms with Crippen LogP contribution in [0.5, 0.6) is 0 Å². The van der Waals surface area contributed by atoms with Gasteiger partial charge in [0.15, 0.2) is 0 Å². The van der Waals surface area contributed by atoms with E-state index in [1.165, 1.54) is 4.57 Å². The van der Waals surface area contributed by atoms with Gasteiger partial charge in [0, 0.05) is 17.2 Å². The van der Waals surface area contributed by atoms with Gasteiger partial charge in [-0.25, -0.2) is 14.2 Å². The molecular weight excluding hydrogens is 378 g/mol. The van der Waals surface area contributed by atoms with Crippen LogP contribution < -0.4 is 11.0 Å². The molecule has 3 aromatic rings. The summed E-state index contributed by atoms with van der Waals surface area (Å²) in [5.74, 6) is -1.30. The van der Waals surface area contributed by atoms with Gasteiger partial charge in [-0.15, -0.1) is 0 Å². The molecule has 1 aliphatic rings. The number of nitrogens with zero attached hydrogens (tertiary/aromatic N) is 2. The van der Waals surface area contributed by atoms with Gasteiger partial charge in [-0.3, -0.25) is 0 Å². The number of benzene rings is 2. The molecule has 140 valence electrons. The summed E-state index contributed by atoms with van der Waals surface area (Å²) in [7, 11) is 0. The Labute approximate surface area is 165 Å². The molecule has 7 heteroatoms. The molecule has 2 N–H and O–H groups in total. The van der Waals surface area contributed by atoms with Gasteiger partial charge in [-0.05, 0) is 24.6 Å². The average molecular weight is 394 g/mol. The molecule has 1 atom stereocenters. The minimum atomic E-state index is -1.06. The van der Waals surface area contributed by atoms with E-state index in [0.717, 1.165) is 5.56 Å². The van der Waals surface area contributed by atoms with Crippen LogP contribution in [-0.4, -0.2) is 20.6 Å². The number of para-hydroxylation sites is 1. The predicted molar refractivity (Wildman–Crippen MR) is 107 cm³/mol. The van der Waals surface area contributed by atoms with Gasteiger partial charge in [-0.1, -0.05) is 60.1 Å². The number of aromatic nitrogens is 2. The summed E-state index contributed by atoms with van der Waals surface area (Å²) in [5, 5.41) is 12.9. The van der Waals surface area contributed by atoms with Crippen LogP contribution in [-0.2, 0) is 4.79 Å². The fourth-order valence-corrected chi connectivity index (χ4v) is 3.84. The molecule has 6 nitrogen and oxygen atoms in total. The first-order valence-corrected chi connectivity index (χ1v) is 9.00. The van der Waals surface area contributed by atoms with Gasteiger partial charge >= 0.3 is 11.7 Å². The number of carboxylic acid groups (broad SMARTS) is 1. The number of hydrogen-bond acceptors (Lipinski definition) is 4. The zero-order chi connectivity index (χ0) is 19.8. The van der Waals surface area contributed by atoms with E-state index in [0.29, 0.717) is 22.8 Å². The monoisotopic (exact) mass is 393 g/mol. The lowest BCUT2D eigenvalue weighted by molar-refractivity contribution is -0.132. The summed E-state index contributed by atoms with van der Waals surface area (Å²) in [4.78, 5) is 28.7. The molecule has 0 amide bonds. The Morgan fingerprint density at radius 2 is 1.71 bits per heavy atom. The molecule has 0 radical (unpaired) electrons. The summed E-state index contributed by atoms with van der Waals surface area (Å²) in [6.45, 7) is 1.68. The second-order valence-electron chi connectivity index (χ2n) is 6.43. The Morgan fingerprint density at radius 3 is 2.32 bits per heavy atom. The van der Waals surface area contributed by atoms with Crippen molar-refractivity contribution in [1.29, 1.82) is 0 Å². The van der Waals surface area contributed by atoms with Gasteiger partial charge in [0.1, 0.15) is 11.0 Å². The quantitative estimate of drug-likeness (QED) is 0.661. The number of anilines is 1. The molecule has 1 unspecified atom stereocenters. The van der Waals surface area contributed by atoms with E-state index in [1.807, 2.05) is 48.5 Å². The minimum absolute atomic E-state index is 0.0141. The third-order valence-electron chi connectivity index (χ3n) is 4.75. The number of hydrogen-bond donors (Lipinski definition) is 2. The molecule has 0 saturated carbocycles. The Hall–Kier alpha value is -3.38. The van der Waals surface area contributed by atoms with Crippen molar-refractivity contribution in [2.24, 2.45) is 0 Å². The van der Waals surface area contributed by atoms with Gasteiger partial charge in [0.25, 0.3) is 0 Å². The molecule has 4 rings (SSSR count). The van der Waals surface area contributed by atoms with Crippen molar-refractivity contribution in [3.8, 4) is 5.69 Å². The Kier molecular flexibility index (Phi) is 4.49. The minimum Gasteiger partial charge on any atom is -0.478 e. The van der Waals surface area contributed by atoms with Crippen LogP contribution >= 0.6 is 11.6 Å². The van der Waals surface area contributed by atoms with Gasteiger partial charge in [0.2, 0.25) is 0 Å². The maximum Gasteiger partial charge on any atom is 0.355 e. The van der Waals surface area contributed by atoms with Crippen molar-refractivity contribution in [1.82, 2.24) is 9.55 Å². The van der Waals surface area contributed by atoms with Gasteiger partial charge in [-0.2, -0.15) is 4.98 Å². The van der Waals surface area contributed by atoms with Crippen molar-refractivity contribution >= 4 is 23.4 Å². The molecule has 0 bridgehead atoms. The lowest BCUT2D eigenvalue weighted by atomic mass is 9.82. The van der Waals surface area contributed by atoms with E-state index in [2.05, 4.69) is 10.3 Å². The Morgan fingerprint density at radius 1 is 1.11 bits per heavy atom. The van der Waals surface area contributed by atoms with Crippen molar-refractivity contribution in [3.05, 3.63) is 98.7 Å². The summed E-state index contributed by atoms with van der Waals surface area (Å²) in [5.41, 5.74) is 1.89. The largest absolute Gasteiger partial charge is 0.478 e. The second kappa shape index (κ2) is 6.98. The number of fused-ring (bicyclic) bond motifs is 1. The summed E-state index contributed by atoms with van der Waals surface area (Å²) in [6, 6.07) is 18.2. The van der Waals surface area contributed by atoms with Crippen LogP contribution in [0, 0.1) is 0 Å². The molecule has 2 heterocycles. The number of halogens is 1. The number of carbonyl (C=O) groups is 1. The first-order valence-electron chi connectivity index (χ1n) is 8.63. The molecule has 28 heavy (non-hydrogen) atoms. The van der Waals surface area contributed by atoms with Crippen LogP contribution in [0.15, 0.2) is 76.7 Å². The van der Waals surface area contributed by atoms with Crippen LogP contribution in [0.3, 0.4) is 0 Å². The molecule has 0 fully saturated rings. The summed E-state index contributed by atoms with van der Waals surface area (Å²) >= 11 is 6.39. The fraction of sp³-hybridized carbons (Fsp3) is 0.0952. The lowest BCUT2D eigenvalue weighted by Crippen LogP contribution is -2.32. The lowest BCUT2D eigenvalue weighted by Gasteiger charge is -2.31. The van der Waals surface area contributed by atoms with Crippen molar-refractivity contribution in [2.75, 3.05) is 5.32 Å².